The van der Waals surface area contributed by atoms with E-state index >= 15 is 0 Å². The highest BCUT2D eigenvalue weighted by Crippen LogP contribution is 2.34. The van der Waals surface area contributed by atoms with E-state index in [0.717, 1.165) is 38.0 Å². The van der Waals surface area contributed by atoms with Gasteiger partial charge in [-0.15, -0.1) is 0 Å². The van der Waals surface area contributed by atoms with Crippen molar-refractivity contribution in [2.24, 2.45) is 0 Å². The van der Waals surface area contributed by atoms with E-state index in [1.807, 2.05) is 24.3 Å². The van der Waals surface area contributed by atoms with E-state index in [-0.39, 0.29) is 0 Å². The monoisotopic (exact) mass is 648 g/mol. The Morgan fingerprint density at radius 3 is 1.00 bits per heavy atom. The lowest BCUT2D eigenvalue weighted by Gasteiger charge is -2.06. The normalized spacial score (nSPS) is 11.3. The van der Waals surface area contributed by atoms with Gasteiger partial charge in [-0.25, -0.2) is 0 Å². The van der Waals surface area contributed by atoms with Crippen molar-refractivity contribution >= 4 is 108 Å². The summed E-state index contributed by atoms with van der Waals surface area (Å²) in [5.41, 5.74) is 2.19. The number of halogens is 6. The van der Waals surface area contributed by atoms with Crippen LogP contribution in [0, 0.1) is 0 Å². The van der Waals surface area contributed by atoms with Crippen LogP contribution in [0.5, 0.6) is 0 Å². The first-order valence-corrected chi connectivity index (χ1v) is 10.1. The summed E-state index contributed by atoms with van der Waals surface area (Å²) >= 11 is 21.3. The molecule has 0 amide bonds. The van der Waals surface area contributed by atoms with E-state index in [4.69, 9.17) is 0 Å². The molecule has 0 saturated carbocycles. The molecule has 0 unspecified atom stereocenters. The third-order valence-corrected chi connectivity index (χ3v) is 6.04. The number of hydrogen-bond acceptors (Lipinski definition) is 0. The molecule has 0 aliphatic heterocycles. The standard InChI is InChI=1S/C14H6Br6/c15-7-3-11(17)9(12(18)4-7)1-2-10-13(19)5-8(16)6-14(10)20/h1-6H. The van der Waals surface area contributed by atoms with Crippen LogP contribution in [0.3, 0.4) is 0 Å². The smallest absolute Gasteiger partial charge is 0.0270 e. The van der Waals surface area contributed by atoms with Gasteiger partial charge in [-0.05, 0) is 24.3 Å². The van der Waals surface area contributed by atoms with Crippen molar-refractivity contribution in [3.63, 3.8) is 0 Å². The Morgan fingerprint density at radius 2 is 0.750 bits per heavy atom. The predicted molar refractivity (Wildman–Crippen MR) is 108 cm³/mol. The Hall–Kier alpha value is 1.06. The van der Waals surface area contributed by atoms with Crippen LogP contribution in [0.4, 0.5) is 0 Å². The summed E-state index contributed by atoms with van der Waals surface area (Å²) in [5, 5.41) is 0. The van der Waals surface area contributed by atoms with E-state index in [9.17, 15) is 0 Å². The highest BCUT2D eigenvalue weighted by Gasteiger charge is 2.06. The summed E-state index contributed by atoms with van der Waals surface area (Å²) in [6.07, 6.45) is 4.14. The van der Waals surface area contributed by atoms with Gasteiger partial charge in [0.05, 0.1) is 0 Å². The zero-order chi connectivity index (χ0) is 14.9. The first-order chi connectivity index (χ1) is 9.38. The van der Waals surface area contributed by atoms with Gasteiger partial charge in [0.1, 0.15) is 0 Å². The van der Waals surface area contributed by atoms with Gasteiger partial charge in [0.25, 0.3) is 0 Å². The molecule has 2 rings (SSSR count). The second-order valence-corrected chi connectivity index (χ2v) is 9.15. The summed E-state index contributed by atoms with van der Waals surface area (Å²) in [4.78, 5) is 0. The van der Waals surface area contributed by atoms with Crippen LogP contribution in [-0.2, 0) is 0 Å². The van der Waals surface area contributed by atoms with Gasteiger partial charge >= 0.3 is 0 Å². The van der Waals surface area contributed by atoms with Crippen molar-refractivity contribution in [2.75, 3.05) is 0 Å². The summed E-state index contributed by atoms with van der Waals surface area (Å²) in [6, 6.07) is 8.10. The quantitative estimate of drug-likeness (QED) is 0.286. The van der Waals surface area contributed by atoms with Crippen LogP contribution >= 0.6 is 95.6 Å². The van der Waals surface area contributed by atoms with E-state index in [1.165, 1.54) is 0 Å². The average molecular weight is 654 g/mol. The molecule has 0 atom stereocenters. The average Bonchev–Trinajstić information content (AvgIpc) is 2.30. The van der Waals surface area contributed by atoms with Crippen LogP contribution in [-0.4, -0.2) is 0 Å². The van der Waals surface area contributed by atoms with Gasteiger partial charge in [-0.2, -0.15) is 0 Å². The minimum Gasteiger partial charge on any atom is -0.0520 e. The molecule has 0 aliphatic rings. The minimum atomic E-state index is 1.03. The first kappa shape index (κ1) is 17.4. The molecule has 2 aromatic rings. The Bertz CT molecular complexity index is 585. The van der Waals surface area contributed by atoms with Crippen LogP contribution < -0.4 is 0 Å². The Morgan fingerprint density at radius 1 is 0.500 bits per heavy atom. The van der Waals surface area contributed by atoms with Gasteiger partial charge in [0.15, 0.2) is 0 Å². The molecule has 0 saturated heterocycles. The maximum Gasteiger partial charge on any atom is 0.0270 e. The topological polar surface area (TPSA) is 0 Å². The van der Waals surface area contributed by atoms with Crippen molar-refractivity contribution < 1.29 is 0 Å². The van der Waals surface area contributed by atoms with Crippen LogP contribution in [0.2, 0.25) is 0 Å². The fraction of sp³-hybridized carbons (Fsp3) is 0. The molecule has 0 spiro atoms. The fourth-order valence-electron chi connectivity index (χ4n) is 1.59. The van der Waals surface area contributed by atoms with Crippen molar-refractivity contribution in [1.29, 1.82) is 0 Å². The SMILES string of the molecule is Brc1cc(Br)c(C=Cc2c(Br)cc(Br)cc2Br)c(Br)c1. The molecular weight excluding hydrogens is 648 g/mol. The van der Waals surface area contributed by atoms with Crippen molar-refractivity contribution in [1.82, 2.24) is 0 Å². The highest BCUT2D eigenvalue weighted by molar-refractivity contribution is 9.12. The molecule has 20 heavy (non-hydrogen) atoms. The second-order valence-electron chi connectivity index (χ2n) is 3.90. The molecule has 0 fully saturated rings. The first-order valence-electron chi connectivity index (χ1n) is 5.35. The summed E-state index contributed by atoms with van der Waals surface area (Å²) in [7, 11) is 0. The van der Waals surface area contributed by atoms with E-state index in [1.54, 1.807) is 0 Å². The third-order valence-electron chi connectivity index (χ3n) is 2.50. The molecule has 0 aliphatic carbocycles. The number of benzene rings is 2. The summed E-state index contributed by atoms with van der Waals surface area (Å²) < 4.78 is 6.16. The van der Waals surface area contributed by atoms with Gasteiger partial charge in [-0.3, -0.25) is 0 Å². The molecule has 0 aromatic heterocycles. The molecule has 0 heterocycles. The molecule has 0 bridgehead atoms. The van der Waals surface area contributed by atoms with Crippen molar-refractivity contribution in [2.45, 2.75) is 0 Å². The zero-order valence-electron chi connectivity index (χ0n) is 9.73. The maximum absolute atomic E-state index is 3.58. The molecule has 6 heteroatoms. The molecule has 0 N–H and O–H groups in total. The predicted octanol–water partition coefficient (Wildman–Crippen LogP) is 8.43. The molecular formula is C14H6Br6. The summed E-state index contributed by atoms with van der Waals surface area (Å²) in [5.74, 6) is 0. The fourth-order valence-corrected chi connectivity index (χ4v) is 6.64. The molecule has 2 aromatic carbocycles. The lowest BCUT2D eigenvalue weighted by atomic mass is 10.1. The Kier molecular flexibility index (Phi) is 6.58. The number of hydrogen-bond donors (Lipinski definition) is 0. The number of rotatable bonds is 2. The lowest BCUT2D eigenvalue weighted by molar-refractivity contribution is 1.50. The zero-order valence-corrected chi connectivity index (χ0v) is 19.2. The summed E-state index contributed by atoms with van der Waals surface area (Å²) in [6.45, 7) is 0. The molecule has 0 radical (unpaired) electrons. The largest absolute Gasteiger partial charge is 0.0520 e. The molecule has 0 nitrogen and oxygen atoms in total. The van der Waals surface area contributed by atoms with Crippen molar-refractivity contribution in [3.8, 4) is 0 Å². The Balaban J connectivity index is 2.45. The van der Waals surface area contributed by atoms with Crippen molar-refractivity contribution in [3.05, 3.63) is 62.2 Å². The van der Waals surface area contributed by atoms with Gasteiger partial charge < -0.3 is 0 Å². The highest BCUT2D eigenvalue weighted by atomic mass is 79.9. The minimum absolute atomic E-state index is 1.03. The van der Waals surface area contributed by atoms with E-state index in [0.29, 0.717) is 0 Å². The maximum atomic E-state index is 3.58. The van der Waals surface area contributed by atoms with Crippen LogP contribution in [0.1, 0.15) is 11.1 Å². The molecule has 104 valence electrons. The van der Waals surface area contributed by atoms with Crippen LogP contribution in [0.25, 0.3) is 12.2 Å². The van der Waals surface area contributed by atoms with Crippen LogP contribution in [0.15, 0.2) is 51.1 Å². The lowest BCUT2D eigenvalue weighted by Crippen LogP contribution is -1.82. The van der Waals surface area contributed by atoms with E-state index < -0.39 is 0 Å². The third kappa shape index (κ3) is 4.29. The van der Waals surface area contributed by atoms with Gasteiger partial charge in [-0.1, -0.05) is 108 Å². The second kappa shape index (κ2) is 7.55. The van der Waals surface area contributed by atoms with Gasteiger partial charge in [0.2, 0.25) is 0 Å². The Labute approximate surface area is 168 Å². The van der Waals surface area contributed by atoms with E-state index in [2.05, 4.69) is 108 Å². The van der Waals surface area contributed by atoms with Gasteiger partial charge in [0, 0.05) is 38.0 Å².